The zero-order chi connectivity index (χ0) is 15.3. The Morgan fingerprint density at radius 2 is 1.75 bits per heavy atom. The highest BCUT2D eigenvalue weighted by Crippen LogP contribution is 2.22. The van der Waals surface area contributed by atoms with Gasteiger partial charge in [0, 0.05) is 33.2 Å². The minimum atomic E-state index is -3.42. The van der Waals surface area contributed by atoms with Crippen LogP contribution in [0.25, 0.3) is 0 Å². The first kappa shape index (κ1) is 16.9. The van der Waals surface area contributed by atoms with Crippen molar-refractivity contribution in [3.05, 3.63) is 24.3 Å². The van der Waals surface area contributed by atoms with E-state index in [1.807, 2.05) is 6.07 Å². The van der Waals surface area contributed by atoms with E-state index < -0.39 is 10.0 Å². The van der Waals surface area contributed by atoms with Gasteiger partial charge >= 0.3 is 0 Å². The molecule has 0 aliphatic rings. The Morgan fingerprint density at radius 3 is 2.30 bits per heavy atom. The Morgan fingerprint density at radius 1 is 1.15 bits per heavy atom. The topological polar surface area (TPSA) is 52.7 Å². The summed E-state index contributed by atoms with van der Waals surface area (Å²) < 4.78 is 25.7. The van der Waals surface area contributed by atoms with Gasteiger partial charge in [0.25, 0.3) is 0 Å². The molecule has 5 nitrogen and oxygen atoms in total. The third-order valence-electron chi connectivity index (χ3n) is 3.31. The summed E-state index contributed by atoms with van der Waals surface area (Å²) in [6, 6.07) is 7.47. The molecule has 6 heteroatoms. The lowest BCUT2D eigenvalue weighted by Crippen LogP contribution is -2.31. The molecular weight excluding hydrogens is 274 g/mol. The van der Waals surface area contributed by atoms with Crippen LogP contribution in [0.4, 0.5) is 5.69 Å². The summed E-state index contributed by atoms with van der Waals surface area (Å²) >= 11 is 0. The standard InChI is InChI=1S/C14H25N3O2S/c1-12(2)17(5)11-10-15-13-8-6-7-9-14(13)20(18,19)16(3)4/h6-9,12,15H,10-11H2,1-5H3. The molecule has 0 aromatic heterocycles. The molecule has 0 aliphatic heterocycles. The highest BCUT2D eigenvalue weighted by atomic mass is 32.2. The van der Waals surface area contributed by atoms with Crippen LogP contribution in [0.15, 0.2) is 29.2 Å². The van der Waals surface area contributed by atoms with E-state index in [4.69, 9.17) is 0 Å². The summed E-state index contributed by atoms with van der Waals surface area (Å²) in [6.07, 6.45) is 0. The molecule has 0 atom stereocenters. The molecule has 0 saturated carbocycles. The molecule has 0 spiro atoms. The van der Waals surface area contributed by atoms with Gasteiger partial charge in [-0.05, 0) is 33.0 Å². The quantitative estimate of drug-likeness (QED) is 0.832. The Hall–Kier alpha value is -1.11. The molecule has 1 rings (SSSR count). The smallest absolute Gasteiger partial charge is 0.244 e. The second-order valence-corrected chi connectivity index (χ2v) is 7.40. The normalized spacial score (nSPS) is 12.4. The number of anilines is 1. The summed E-state index contributed by atoms with van der Waals surface area (Å²) in [5, 5.41) is 3.21. The van der Waals surface area contributed by atoms with Crippen LogP contribution < -0.4 is 5.32 Å². The fourth-order valence-electron chi connectivity index (χ4n) is 1.66. The number of likely N-dealkylation sites (N-methyl/N-ethyl adjacent to an activating group) is 1. The van der Waals surface area contributed by atoms with Gasteiger partial charge in [0.1, 0.15) is 4.90 Å². The van der Waals surface area contributed by atoms with Crippen molar-refractivity contribution in [1.82, 2.24) is 9.21 Å². The van der Waals surface area contributed by atoms with Gasteiger partial charge in [0.15, 0.2) is 0 Å². The lowest BCUT2D eigenvalue weighted by molar-refractivity contribution is 0.284. The van der Waals surface area contributed by atoms with E-state index in [0.717, 1.165) is 6.54 Å². The minimum Gasteiger partial charge on any atom is -0.383 e. The van der Waals surface area contributed by atoms with Gasteiger partial charge in [-0.2, -0.15) is 0 Å². The SMILES string of the molecule is CC(C)N(C)CCNc1ccccc1S(=O)(=O)N(C)C. The highest BCUT2D eigenvalue weighted by Gasteiger charge is 2.20. The first-order valence-electron chi connectivity index (χ1n) is 6.72. The molecule has 0 fully saturated rings. The maximum Gasteiger partial charge on any atom is 0.244 e. The fourth-order valence-corrected chi connectivity index (χ4v) is 2.72. The van der Waals surface area contributed by atoms with Gasteiger partial charge < -0.3 is 10.2 Å². The summed E-state index contributed by atoms with van der Waals surface area (Å²) in [5.41, 5.74) is 0.651. The van der Waals surface area contributed by atoms with Crippen molar-refractivity contribution in [3.8, 4) is 0 Å². The molecule has 0 radical (unpaired) electrons. The summed E-state index contributed by atoms with van der Waals surface area (Å²) in [6.45, 7) is 5.82. The first-order valence-corrected chi connectivity index (χ1v) is 8.16. The van der Waals surface area contributed by atoms with Crippen LogP contribution >= 0.6 is 0 Å². The van der Waals surface area contributed by atoms with E-state index in [0.29, 0.717) is 23.2 Å². The number of hydrogen-bond acceptors (Lipinski definition) is 4. The van der Waals surface area contributed by atoms with Gasteiger partial charge in [-0.25, -0.2) is 12.7 Å². The molecule has 1 aromatic carbocycles. The average Bonchev–Trinajstić information content (AvgIpc) is 2.38. The van der Waals surface area contributed by atoms with E-state index in [-0.39, 0.29) is 0 Å². The van der Waals surface area contributed by atoms with Crippen molar-refractivity contribution in [2.24, 2.45) is 0 Å². The van der Waals surface area contributed by atoms with E-state index in [1.54, 1.807) is 32.3 Å². The third-order valence-corrected chi connectivity index (χ3v) is 5.18. The molecule has 1 aromatic rings. The zero-order valence-electron chi connectivity index (χ0n) is 12.9. The lowest BCUT2D eigenvalue weighted by Gasteiger charge is -2.22. The molecule has 0 amide bonds. The molecule has 0 saturated heterocycles. The van der Waals surface area contributed by atoms with Crippen LogP contribution in [0.2, 0.25) is 0 Å². The zero-order valence-corrected chi connectivity index (χ0v) is 13.7. The largest absolute Gasteiger partial charge is 0.383 e. The van der Waals surface area contributed by atoms with Crippen molar-refractivity contribution in [1.29, 1.82) is 0 Å². The molecular formula is C14H25N3O2S. The van der Waals surface area contributed by atoms with Crippen molar-refractivity contribution in [2.45, 2.75) is 24.8 Å². The van der Waals surface area contributed by atoms with Gasteiger partial charge in [-0.15, -0.1) is 0 Å². The molecule has 1 N–H and O–H groups in total. The monoisotopic (exact) mass is 299 g/mol. The Kier molecular flexibility index (Phi) is 5.98. The maximum atomic E-state index is 12.2. The van der Waals surface area contributed by atoms with Crippen LogP contribution in [-0.2, 0) is 10.0 Å². The summed E-state index contributed by atoms with van der Waals surface area (Å²) in [5.74, 6) is 0. The molecule has 0 heterocycles. The predicted octanol–water partition coefficient (Wildman–Crippen LogP) is 1.69. The van der Waals surface area contributed by atoms with Crippen LogP contribution in [-0.4, -0.2) is 57.9 Å². The Bertz CT molecular complexity index is 527. The van der Waals surface area contributed by atoms with E-state index in [1.165, 1.54) is 4.31 Å². The highest BCUT2D eigenvalue weighted by molar-refractivity contribution is 7.89. The van der Waals surface area contributed by atoms with E-state index >= 15 is 0 Å². The van der Waals surface area contributed by atoms with Crippen LogP contribution in [0.1, 0.15) is 13.8 Å². The number of rotatable bonds is 7. The molecule has 114 valence electrons. The first-order chi connectivity index (χ1) is 9.26. The molecule has 20 heavy (non-hydrogen) atoms. The molecule has 0 aliphatic carbocycles. The summed E-state index contributed by atoms with van der Waals surface area (Å²) in [4.78, 5) is 2.52. The third kappa shape index (κ3) is 4.19. The lowest BCUT2D eigenvalue weighted by atomic mass is 10.3. The van der Waals surface area contributed by atoms with Gasteiger partial charge in [-0.3, -0.25) is 0 Å². The molecule has 0 bridgehead atoms. The second-order valence-electron chi connectivity index (χ2n) is 5.28. The van der Waals surface area contributed by atoms with E-state index in [2.05, 4.69) is 31.1 Å². The van der Waals surface area contributed by atoms with Crippen molar-refractivity contribution in [2.75, 3.05) is 39.5 Å². The fraction of sp³-hybridized carbons (Fsp3) is 0.571. The number of benzene rings is 1. The Balaban J connectivity index is 2.82. The van der Waals surface area contributed by atoms with Crippen molar-refractivity contribution in [3.63, 3.8) is 0 Å². The van der Waals surface area contributed by atoms with Crippen LogP contribution in [0.5, 0.6) is 0 Å². The minimum absolute atomic E-state index is 0.317. The predicted molar refractivity (Wildman–Crippen MR) is 83.6 cm³/mol. The second kappa shape index (κ2) is 7.06. The number of para-hydroxylation sites is 1. The van der Waals surface area contributed by atoms with Crippen molar-refractivity contribution >= 4 is 15.7 Å². The van der Waals surface area contributed by atoms with Gasteiger partial charge in [0.2, 0.25) is 10.0 Å². The number of nitrogens with one attached hydrogen (secondary N) is 1. The average molecular weight is 299 g/mol. The number of hydrogen-bond donors (Lipinski definition) is 1. The number of nitrogens with zero attached hydrogens (tertiary/aromatic N) is 2. The van der Waals surface area contributed by atoms with E-state index in [9.17, 15) is 8.42 Å². The van der Waals surface area contributed by atoms with Crippen LogP contribution in [0, 0.1) is 0 Å². The number of sulfonamides is 1. The maximum absolute atomic E-state index is 12.2. The van der Waals surface area contributed by atoms with Gasteiger partial charge in [-0.1, -0.05) is 12.1 Å². The summed E-state index contributed by atoms with van der Waals surface area (Å²) in [7, 11) is 1.71. The molecule has 0 unspecified atom stereocenters. The van der Waals surface area contributed by atoms with Crippen LogP contribution in [0.3, 0.4) is 0 Å². The van der Waals surface area contributed by atoms with Crippen molar-refractivity contribution < 1.29 is 8.42 Å². The van der Waals surface area contributed by atoms with Gasteiger partial charge in [0.05, 0.1) is 5.69 Å². The Labute approximate surface area is 122 Å².